The zero-order chi connectivity index (χ0) is 18.4. The zero-order valence-corrected chi connectivity index (χ0v) is 17.0. The van der Waals surface area contributed by atoms with Crippen LogP contribution in [0.2, 0.25) is 5.02 Å². The van der Waals surface area contributed by atoms with Crippen LogP contribution in [0.4, 0.5) is 14.5 Å². The number of thioether (sulfide) groups is 1. The number of anilines is 1. The summed E-state index contributed by atoms with van der Waals surface area (Å²) in [5.74, 6) is 0.0942. The first-order chi connectivity index (χ1) is 12.4. The molecule has 2 aliphatic rings. The number of hydrogen-bond donors (Lipinski definition) is 0. The molecule has 2 heterocycles. The van der Waals surface area contributed by atoms with E-state index < -0.39 is 5.82 Å². The van der Waals surface area contributed by atoms with Gasteiger partial charge < -0.3 is 0 Å². The van der Waals surface area contributed by atoms with Crippen LogP contribution in [0.15, 0.2) is 63.6 Å². The Labute approximate surface area is 168 Å². The van der Waals surface area contributed by atoms with Crippen LogP contribution < -0.4 is 4.90 Å². The van der Waals surface area contributed by atoms with Crippen LogP contribution in [-0.2, 0) is 0 Å². The van der Waals surface area contributed by atoms with E-state index in [9.17, 15) is 8.78 Å². The number of amidine groups is 1. The third kappa shape index (κ3) is 3.13. The van der Waals surface area contributed by atoms with Crippen LogP contribution in [0.25, 0.3) is 4.91 Å². The van der Waals surface area contributed by atoms with E-state index in [4.69, 9.17) is 11.6 Å². The van der Waals surface area contributed by atoms with Crippen LogP contribution in [0.5, 0.6) is 0 Å². The van der Waals surface area contributed by atoms with Gasteiger partial charge in [-0.05, 0) is 0 Å². The van der Waals surface area contributed by atoms with Crippen LogP contribution in [0.1, 0.15) is 12.5 Å². The minimum atomic E-state index is -0.449. The molecule has 1 unspecified atom stereocenters. The van der Waals surface area contributed by atoms with Crippen molar-refractivity contribution < 1.29 is 8.78 Å². The summed E-state index contributed by atoms with van der Waals surface area (Å²) in [5, 5.41) is 0.0424. The first-order valence-electron chi connectivity index (χ1n) is 7.81. The van der Waals surface area contributed by atoms with Crippen molar-refractivity contribution in [3.8, 4) is 0 Å². The summed E-state index contributed by atoms with van der Waals surface area (Å²) in [4.78, 5) is 7.69. The molecule has 7 heteroatoms. The second-order valence-electron chi connectivity index (χ2n) is 5.89. The van der Waals surface area contributed by atoms with E-state index >= 15 is 0 Å². The third-order valence-electron chi connectivity index (χ3n) is 4.21. The molecule has 0 saturated carbocycles. The molecule has 0 aromatic heterocycles. The Bertz CT molecular complexity index is 986. The normalized spacial score (nSPS) is 19.4. The molecule has 130 valence electrons. The summed E-state index contributed by atoms with van der Waals surface area (Å²) in [7, 11) is 0. The Hall–Kier alpha value is -1.55. The predicted octanol–water partition coefficient (Wildman–Crippen LogP) is 5.35. The third-order valence-corrected chi connectivity index (χ3v) is 6.55. The van der Waals surface area contributed by atoms with Crippen LogP contribution in [0.3, 0.4) is 0 Å². The Balaban J connectivity index is 1.74. The number of benzene rings is 2. The first-order valence-corrected chi connectivity index (χ1v) is 10.0. The first kappa shape index (κ1) is 17.8. The van der Waals surface area contributed by atoms with Gasteiger partial charge in [0.05, 0.1) is 0 Å². The van der Waals surface area contributed by atoms with Gasteiger partial charge >= 0.3 is 168 Å². The molecule has 2 radical (unpaired) electrons. The molecule has 0 saturated heterocycles. The van der Waals surface area contributed by atoms with Crippen molar-refractivity contribution >= 4 is 56.6 Å². The van der Waals surface area contributed by atoms with Crippen LogP contribution >= 0.6 is 23.4 Å². The average molecular weight is 449 g/mol. The van der Waals surface area contributed by atoms with Gasteiger partial charge in [-0.3, -0.25) is 0 Å². The molecule has 0 bridgehead atoms. The molecule has 0 aliphatic carbocycles. The van der Waals surface area contributed by atoms with Gasteiger partial charge in [0, 0.05) is 0 Å². The van der Waals surface area contributed by atoms with E-state index in [0.717, 1.165) is 32.0 Å². The Kier molecular flexibility index (Phi) is 4.72. The van der Waals surface area contributed by atoms with Gasteiger partial charge in [-0.1, -0.05) is 0 Å². The summed E-state index contributed by atoms with van der Waals surface area (Å²) in [6.45, 7) is 1.91. The van der Waals surface area contributed by atoms with Gasteiger partial charge in [0.25, 0.3) is 0 Å². The van der Waals surface area contributed by atoms with Crippen molar-refractivity contribution in [1.29, 1.82) is 0 Å². The molecule has 2 aromatic carbocycles. The number of fused-ring (bicyclic) bond motifs is 1. The van der Waals surface area contributed by atoms with Gasteiger partial charge in [0.1, 0.15) is 0 Å². The SMILES string of the molecule is CC1=NC([As])=C2C=C(c3ccc(F)cc3)SC2N1c1ccc(F)c(Cl)c1. The predicted molar refractivity (Wildman–Crippen MR) is 106 cm³/mol. The van der Waals surface area contributed by atoms with Crippen molar-refractivity contribution in [3.05, 3.63) is 80.8 Å². The van der Waals surface area contributed by atoms with E-state index in [0.29, 0.717) is 0 Å². The number of nitrogens with zero attached hydrogens (tertiary/aromatic N) is 2. The van der Waals surface area contributed by atoms with Gasteiger partial charge in [-0.15, -0.1) is 0 Å². The fourth-order valence-corrected chi connectivity index (χ4v) is 5.42. The fourth-order valence-electron chi connectivity index (χ4n) is 2.96. The molecule has 0 spiro atoms. The Morgan fingerprint density at radius 3 is 2.58 bits per heavy atom. The molecule has 1 atom stereocenters. The Morgan fingerprint density at radius 2 is 1.88 bits per heavy atom. The van der Waals surface area contributed by atoms with E-state index in [2.05, 4.69) is 27.9 Å². The molecule has 2 aromatic rings. The van der Waals surface area contributed by atoms with Crippen molar-refractivity contribution in [2.24, 2.45) is 4.99 Å². The van der Waals surface area contributed by atoms with Gasteiger partial charge in [-0.2, -0.15) is 0 Å². The monoisotopic (exact) mass is 448 g/mol. The molecule has 4 rings (SSSR count). The molecule has 2 nitrogen and oxygen atoms in total. The van der Waals surface area contributed by atoms with E-state index in [1.807, 2.05) is 11.8 Å². The maximum absolute atomic E-state index is 13.6. The number of aliphatic imine (C=N–C) groups is 1. The molecule has 26 heavy (non-hydrogen) atoms. The maximum atomic E-state index is 13.6. The van der Waals surface area contributed by atoms with Crippen molar-refractivity contribution in [3.63, 3.8) is 0 Å². The zero-order valence-electron chi connectivity index (χ0n) is 13.6. The molecular weight excluding hydrogens is 437 g/mol. The molecular formula is C19H12AsClF2N2S. The van der Waals surface area contributed by atoms with E-state index in [1.165, 1.54) is 18.2 Å². The summed E-state index contributed by atoms with van der Waals surface area (Å²) in [5.41, 5.74) is 2.79. The van der Waals surface area contributed by atoms with E-state index in [-0.39, 0.29) is 16.2 Å². The molecule has 0 fully saturated rings. The molecule has 0 amide bonds. The van der Waals surface area contributed by atoms with Gasteiger partial charge in [-0.25, -0.2) is 0 Å². The summed E-state index contributed by atoms with van der Waals surface area (Å²) in [6.07, 6.45) is 2.07. The quantitative estimate of drug-likeness (QED) is 0.576. The second-order valence-corrected chi connectivity index (χ2v) is 8.31. The number of halogens is 3. The topological polar surface area (TPSA) is 15.6 Å². The molecule has 0 N–H and O–H groups in total. The van der Waals surface area contributed by atoms with Gasteiger partial charge in [0.15, 0.2) is 0 Å². The fraction of sp³-hybridized carbons (Fsp3) is 0.105. The van der Waals surface area contributed by atoms with Crippen molar-refractivity contribution in [1.82, 2.24) is 0 Å². The standard InChI is InChI=1S/C19H12AsClF2N2S/c1-10-24-18(20)14-9-17(11-2-4-12(22)5-3-11)26-19(14)25(10)13-6-7-16(23)15(21)8-13/h2-9,19H,1H3. The summed E-state index contributed by atoms with van der Waals surface area (Å²) in [6, 6.07) is 11.1. The second kappa shape index (κ2) is 6.88. The van der Waals surface area contributed by atoms with Crippen molar-refractivity contribution in [2.45, 2.75) is 12.3 Å². The van der Waals surface area contributed by atoms with Crippen LogP contribution in [0, 0.1) is 11.6 Å². The average Bonchev–Trinajstić information content (AvgIpc) is 3.04. The van der Waals surface area contributed by atoms with Crippen LogP contribution in [-0.4, -0.2) is 28.1 Å². The Morgan fingerprint density at radius 1 is 1.15 bits per heavy atom. The number of hydrogen-bond acceptors (Lipinski definition) is 3. The van der Waals surface area contributed by atoms with Crippen molar-refractivity contribution in [2.75, 3.05) is 4.90 Å². The summed E-state index contributed by atoms with van der Waals surface area (Å²) >= 11 is 10.1. The summed E-state index contributed by atoms with van der Waals surface area (Å²) < 4.78 is 27.7. The minimum absolute atomic E-state index is 0.0350. The van der Waals surface area contributed by atoms with Gasteiger partial charge in [0.2, 0.25) is 0 Å². The van der Waals surface area contributed by atoms with E-state index in [1.54, 1.807) is 36.0 Å². The molecule has 2 aliphatic heterocycles. The number of rotatable bonds is 2.